The van der Waals surface area contributed by atoms with Gasteiger partial charge in [-0.3, -0.25) is 0 Å². The highest BCUT2D eigenvalue weighted by Crippen LogP contribution is 2.38. The van der Waals surface area contributed by atoms with Gasteiger partial charge in [0.25, 0.3) is 0 Å². The zero-order valence-electron chi connectivity index (χ0n) is 21.0. The van der Waals surface area contributed by atoms with Crippen molar-refractivity contribution in [2.75, 3.05) is 0 Å². The van der Waals surface area contributed by atoms with E-state index in [2.05, 4.69) is 84.9 Å². The van der Waals surface area contributed by atoms with Crippen LogP contribution in [0.3, 0.4) is 0 Å². The summed E-state index contributed by atoms with van der Waals surface area (Å²) < 4.78 is 5.62. The fourth-order valence-corrected chi connectivity index (χ4v) is 3.63. The highest BCUT2D eigenvalue weighted by molar-refractivity contribution is 5.07. The zero-order valence-corrected chi connectivity index (χ0v) is 21.0. The second-order valence-corrected chi connectivity index (χ2v) is 9.88. The van der Waals surface area contributed by atoms with Crippen LogP contribution in [0.15, 0.2) is 58.7 Å². The Balaban J connectivity index is 2.09. The summed E-state index contributed by atoms with van der Waals surface area (Å²) in [6, 6.07) is 0. The quantitative estimate of drug-likeness (QED) is 0.148. The maximum Gasteiger partial charge on any atom is 0.0892 e. The van der Waals surface area contributed by atoms with Crippen molar-refractivity contribution in [2.45, 2.75) is 124 Å². The van der Waals surface area contributed by atoms with Crippen molar-refractivity contribution in [3.05, 3.63) is 58.7 Å². The van der Waals surface area contributed by atoms with E-state index in [0.717, 1.165) is 19.3 Å². The average molecular weight is 413 g/mol. The summed E-state index contributed by atoms with van der Waals surface area (Å²) in [6.07, 6.45) is 26.5. The number of epoxide rings is 1. The van der Waals surface area contributed by atoms with E-state index in [1.54, 1.807) is 0 Å². The van der Waals surface area contributed by atoms with Crippen LogP contribution < -0.4 is 0 Å². The highest BCUT2D eigenvalue weighted by Gasteiger charge is 2.46. The molecule has 1 fully saturated rings. The van der Waals surface area contributed by atoms with Gasteiger partial charge in [-0.2, -0.15) is 0 Å². The van der Waals surface area contributed by atoms with Gasteiger partial charge in [0.1, 0.15) is 0 Å². The molecule has 1 aliphatic rings. The van der Waals surface area contributed by atoms with Gasteiger partial charge in [0.15, 0.2) is 0 Å². The number of hydrogen-bond donors (Lipinski definition) is 0. The molecule has 0 N–H and O–H groups in total. The van der Waals surface area contributed by atoms with Crippen LogP contribution in [0.4, 0.5) is 0 Å². The lowest BCUT2D eigenvalue weighted by Crippen LogP contribution is -2.01. The topological polar surface area (TPSA) is 12.5 Å². The van der Waals surface area contributed by atoms with Crippen LogP contribution in [-0.4, -0.2) is 11.7 Å². The van der Waals surface area contributed by atoms with Crippen molar-refractivity contribution in [1.82, 2.24) is 0 Å². The molecule has 1 atom stereocenters. The Hall–Kier alpha value is -1.34. The first-order valence-electron chi connectivity index (χ1n) is 12.1. The molecular weight excluding hydrogens is 364 g/mol. The van der Waals surface area contributed by atoms with Crippen LogP contribution in [0, 0.1) is 0 Å². The van der Waals surface area contributed by atoms with Gasteiger partial charge in [0, 0.05) is 0 Å². The fourth-order valence-electron chi connectivity index (χ4n) is 3.63. The van der Waals surface area contributed by atoms with Gasteiger partial charge >= 0.3 is 0 Å². The second kappa shape index (κ2) is 14.6. The minimum Gasteiger partial charge on any atom is -0.367 e. The molecule has 1 aliphatic heterocycles. The smallest absolute Gasteiger partial charge is 0.0892 e. The molecule has 0 spiro atoms. The molecule has 1 heteroatoms. The molecule has 0 aliphatic carbocycles. The van der Waals surface area contributed by atoms with Crippen LogP contribution in [0.1, 0.15) is 113 Å². The van der Waals surface area contributed by atoms with Crippen molar-refractivity contribution >= 4 is 0 Å². The molecule has 0 bridgehead atoms. The molecular formula is C29H48O. The highest BCUT2D eigenvalue weighted by atomic mass is 16.6. The predicted octanol–water partition coefficient (Wildman–Crippen LogP) is 9.43. The van der Waals surface area contributed by atoms with Gasteiger partial charge < -0.3 is 4.74 Å². The van der Waals surface area contributed by atoms with Gasteiger partial charge in [0.2, 0.25) is 0 Å². The second-order valence-electron chi connectivity index (χ2n) is 9.88. The van der Waals surface area contributed by atoms with Gasteiger partial charge in [0.05, 0.1) is 11.7 Å². The first-order chi connectivity index (χ1) is 14.2. The average Bonchev–Trinajstić information content (AvgIpc) is 3.27. The molecule has 1 nitrogen and oxygen atoms in total. The lowest BCUT2D eigenvalue weighted by atomic mass is 10.0. The van der Waals surface area contributed by atoms with Crippen LogP contribution >= 0.6 is 0 Å². The molecule has 0 saturated carbocycles. The van der Waals surface area contributed by atoms with E-state index in [0.29, 0.717) is 6.10 Å². The van der Waals surface area contributed by atoms with Gasteiger partial charge in [-0.1, -0.05) is 58.7 Å². The van der Waals surface area contributed by atoms with Crippen LogP contribution in [0.2, 0.25) is 0 Å². The molecule has 0 radical (unpaired) electrons. The van der Waals surface area contributed by atoms with Crippen molar-refractivity contribution in [2.24, 2.45) is 0 Å². The lowest BCUT2D eigenvalue weighted by Gasteiger charge is -2.02. The van der Waals surface area contributed by atoms with Crippen molar-refractivity contribution in [3.63, 3.8) is 0 Å². The predicted molar refractivity (Wildman–Crippen MR) is 135 cm³/mol. The Bertz CT molecular complexity index is 635. The monoisotopic (exact) mass is 412 g/mol. The molecule has 0 aromatic heterocycles. The first kappa shape index (κ1) is 26.7. The summed E-state index contributed by atoms with van der Waals surface area (Å²) in [5.41, 5.74) is 6.14. The Morgan fingerprint density at radius 3 is 1.57 bits per heavy atom. The van der Waals surface area contributed by atoms with E-state index in [1.165, 1.54) is 67.2 Å². The Kier molecular flexibility index (Phi) is 13.0. The molecule has 0 amide bonds. The molecule has 0 aromatic carbocycles. The molecule has 1 heterocycles. The number of unbranched alkanes of at least 4 members (excludes halogenated alkanes) is 1. The van der Waals surface area contributed by atoms with E-state index in [-0.39, 0.29) is 5.60 Å². The Labute approximate surface area is 188 Å². The molecule has 30 heavy (non-hydrogen) atoms. The van der Waals surface area contributed by atoms with Gasteiger partial charge in [-0.05, 0) is 113 Å². The van der Waals surface area contributed by atoms with Gasteiger partial charge in [-0.15, -0.1) is 0 Å². The molecule has 1 rings (SSSR count). The van der Waals surface area contributed by atoms with E-state index in [9.17, 15) is 0 Å². The standard InChI is InChI=1S/C29H48O/c1-24(2)16-14-20-27(5)22-15-21-26(4)19-13-12-18-25(3)17-10-8-9-11-23-28-29(6,7)30-28/h8-9,16,18-19,22,28H,10-15,17,20-21,23H2,1-7H3/b9-8+,25-18+,26-19+,27-22+. The lowest BCUT2D eigenvalue weighted by molar-refractivity contribution is 0.320. The van der Waals surface area contributed by atoms with Gasteiger partial charge in [-0.25, -0.2) is 0 Å². The zero-order chi connectivity index (χ0) is 22.4. The van der Waals surface area contributed by atoms with E-state index >= 15 is 0 Å². The number of hydrogen-bond acceptors (Lipinski definition) is 1. The third-order valence-corrected chi connectivity index (χ3v) is 5.91. The summed E-state index contributed by atoms with van der Waals surface area (Å²) >= 11 is 0. The largest absolute Gasteiger partial charge is 0.367 e. The fraction of sp³-hybridized carbons (Fsp3) is 0.655. The van der Waals surface area contributed by atoms with Crippen LogP contribution in [0.25, 0.3) is 0 Å². The normalized spacial score (nSPS) is 19.4. The third-order valence-electron chi connectivity index (χ3n) is 5.91. The number of rotatable bonds is 15. The van der Waals surface area contributed by atoms with E-state index < -0.39 is 0 Å². The summed E-state index contributed by atoms with van der Waals surface area (Å²) in [6.45, 7) is 15.5. The summed E-state index contributed by atoms with van der Waals surface area (Å²) in [5.74, 6) is 0. The maximum absolute atomic E-state index is 5.62. The Morgan fingerprint density at radius 1 is 0.633 bits per heavy atom. The van der Waals surface area contributed by atoms with E-state index in [1.807, 2.05) is 0 Å². The summed E-state index contributed by atoms with van der Waals surface area (Å²) in [4.78, 5) is 0. The minimum atomic E-state index is 0.140. The summed E-state index contributed by atoms with van der Waals surface area (Å²) in [7, 11) is 0. The number of allylic oxidation sites excluding steroid dienone is 10. The van der Waals surface area contributed by atoms with Crippen molar-refractivity contribution in [3.8, 4) is 0 Å². The third kappa shape index (κ3) is 13.8. The van der Waals surface area contributed by atoms with Crippen molar-refractivity contribution in [1.29, 1.82) is 0 Å². The molecule has 170 valence electrons. The summed E-state index contributed by atoms with van der Waals surface area (Å²) in [5, 5.41) is 0. The molecule has 1 unspecified atom stereocenters. The first-order valence-corrected chi connectivity index (χ1v) is 12.1. The Morgan fingerprint density at radius 2 is 1.07 bits per heavy atom. The van der Waals surface area contributed by atoms with Crippen LogP contribution in [-0.2, 0) is 4.74 Å². The SMILES string of the molecule is CC(C)=CCC/C(C)=C/CC/C(C)=C/CC/C=C(\C)CC/C=C/CCC1OC1(C)C. The minimum absolute atomic E-state index is 0.140. The molecule has 1 saturated heterocycles. The maximum atomic E-state index is 5.62. The van der Waals surface area contributed by atoms with Crippen LogP contribution in [0.5, 0.6) is 0 Å². The van der Waals surface area contributed by atoms with Crippen molar-refractivity contribution < 1.29 is 4.74 Å². The number of ether oxygens (including phenoxy) is 1. The molecule has 0 aromatic rings. The van der Waals surface area contributed by atoms with E-state index in [4.69, 9.17) is 4.74 Å².